The minimum Gasteiger partial charge on any atom is -0.465 e. The van der Waals surface area contributed by atoms with Crippen LogP contribution in [0.1, 0.15) is 16.8 Å². The van der Waals surface area contributed by atoms with Crippen molar-refractivity contribution >= 4 is 29.2 Å². The second kappa shape index (κ2) is 7.90. The average molecular weight is 410 g/mol. The summed E-state index contributed by atoms with van der Waals surface area (Å²) in [4.78, 5) is 37.1. The Morgan fingerprint density at radius 2 is 1.79 bits per heavy atom. The SMILES string of the molecule is COC(=O)c1cc(NC(=O)C2CC(=O)N(c3ccc(F)cc3F)C2)c(F)cc1F. The second-order valence-electron chi connectivity index (χ2n) is 6.29. The lowest BCUT2D eigenvalue weighted by atomic mass is 10.1. The molecule has 0 spiro atoms. The van der Waals surface area contributed by atoms with Crippen molar-refractivity contribution in [3.05, 3.63) is 59.2 Å². The Morgan fingerprint density at radius 1 is 1.07 bits per heavy atom. The second-order valence-corrected chi connectivity index (χ2v) is 6.29. The summed E-state index contributed by atoms with van der Waals surface area (Å²) in [5.41, 5.74) is -1.25. The lowest BCUT2D eigenvalue weighted by Crippen LogP contribution is -2.29. The molecule has 2 aromatic carbocycles. The van der Waals surface area contributed by atoms with Gasteiger partial charge in [-0.1, -0.05) is 0 Å². The summed E-state index contributed by atoms with van der Waals surface area (Å²) in [6, 6.07) is 3.86. The van der Waals surface area contributed by atoms with E-state index in [1.165, 1.54) is 0 Å². The highest BCUT2D eigenvalue weighted by Gasteiger charge is 2.36. The monoisotopic (exact) mass is 410 g/mol. The van der Waals surface area contributed by atoms with Crippen LogP contribution < -0.4 is 10.2 Å². The van der Waals surface area contributed by atoms with Crippen molar-refractivity contribution in [3.8, 4) is 0 Å². The van der Waals surface area contributed by atoms with Crippen molar-refractivity contribution < 1.29 is 36.7 Å². The predicted molar refractivity (Wildman–Crippen MR) is 93.1 cm³/mol. The zero-order chi connectivity index (χ0) is 21.3. The Morgan fingerprint density at radius 3 is 2.45 bits per heavy atom. The highest BCUT2D eigenvalue weighted by atomic mass is 19.1. The number of rotatable bonds is 4. The number of hydrogen-bond donors (Lipinski definition) is 1. The molecule has 0 aliphatic carbocycles. The summed E-state index contributed by atoms with van der Waals surface area (Å²) in [5.74, 6) is -7.48. The number of methoxy groups -OCH3 is 1. The van der Waals surface area contributed by atoms with Crippen molar-refractivity contribution in [2.24, 2.45) is 5.92 Å². The fourth-order valence-corrected chi connectivity index (χ4v) is 2.96. The Bertz CT molecular complexity index is 1010. The number of ether oxygens (including phenoxy) is 1. The van der Waals surface area contributed by atoms with Gasteiger partial charge in [0.2, 0.25) is 11.8 Å². The summed E-state index contributed by atoms with van der Waals surface area (Å²) in [7, 11) is 1.01. The Hall–Kier alpha value is -3.43. The van der Waals surface area contributed by atoms with Crippen LogP contribution in [0.3, 0.4) is 0 Å². The number of hydrogen-bond acceptors (Lipinski definition) is 4. The van der Waals surface area contributed by atoms with Crippen LogP contribution in [0.25, 0.3) is 0 Å². The highest BCUT2D eigenvalue weighted by Crippen LogP contribution is 2.29. The first-order chi connectivity index (χ1) is 13.7. The molecule has 1 aliphatic heterocycles. The molecular weight excluding hydrogens is 396 g/mol. The van der Waals surface area contributed by atoms with Gasteiger partial charge in [0.25, 0.3) is 0 Å². The number of benzene rings is 2. The van der Waals surface area contributed by atoms with E-state index in [2.05, 4.69) is 10.1 Å². The zero-order valence-corrected chi connectivity index (χ0v) is 15.0. The van der Waals surface area contributed by atoms with E-state index in [9.17, 15) is 31.9 Å². The highest BCUT2D eigenvalue weighted by molar-refractivity contribution is 6.04. The van der Waals surface area contributed by atoms with Gasteiger partial charge in [-0.3, -0.25) is 9.59 Å². The van der Waals surface area contributed by atoms with Crippen LogP contribution >= 0.6 is 0 Å². The van der Waals surface area contributed by atoms with Gasteiger partial charge in [0.1, 0.15) is 23.3 Å². The van der Waals surface area contributed by atoms with Gasteiger partial charge < -0.3 is 15.0 Å². The molecule has 1 aliphatic rings. The van der Waals surface area contributed by atoms with Crippen molar-refractivity contribution in [1.82, 2.24) is 0 Å². The quantitative estimate of drug-likeness (QED) is 0.621. The molecule has 2 aromatic rings. The maximum atomic E-state index is 14.0. The number of amides is 2. The summed E-state index contributed by atoms with van der Waals surface area (Å²) >= 11 is 0. The van der Waals surface area contributed by atoms with E-state index < -0.39 is 58.2 Å². The molecule has 1 atom stereocenters. The van der Waals surface area contributed by atoms with Crippen molar-refractivity contribution in [1.29, 1.82) is 0 Å². The number of nitrogens with zero attached hydrogens (tertiary/aromatic N) is 1. The molecule has 0 radical (unpaired) electrons. The summed E-state index contributed by atoms with van der Waals surface area (Å²) in [5, 5.41) is 2.19. The molecule has 6 nitrogen and oxygen atoms in total. The molecule has 0 bridgehead atoms. The number of carbonyl (C=O) groups is 3. The first-order valence-corrected chi connectivity index (χ1v) is 8.35. The van der Waals surface area contributed by atoms with Gasteiger partial charge in [-0.15, -0.1) is 0 Å². The van der Waals surface area contributed by atoms with E-state index in [0.29, 0.717) is 12.1 Å². The van der Waals surface area contributed by atoms with Crippen molar-refractivity contribution in [2.75, 3.05) is 23.9 Å². The third kappa shape index (κ3) is 4.05. The van der Waals surface area contributed by atoms with Crippen LogP contribution in [-0.2, 0) is 14.3 Å². The smallest absolute Gasteiger partial charge is 0.340 e. The molecule has 10 heteroatoms. The number of carbonyl (C=O) groups excluding carboxylic acids is 3. The molecule has 29 heavy (non-hydrogen) atoms. The van der Waals surface area contributed by atoms with E-state index in [0.717, 1.165) is 30.2 Å². The van der Waals surface area contributed by atoms with Crippen LogP contribution in [0.2, 0.25) is 0 Å². The van der Waals surface area contributed by atoms with Gasteiger partial charge in [-0.2, -0.15) is 0 Å². The van der Waals surface area contributed by atoms with Gasteiger partial charge in [0, 0.05) is 25.1 Å². The number of esters is 1. The van der Waals surface area contributed by atoms with E-state index >= 15 is 0 Å². The molecule has 0 saturated carbocycles. The first-order valence-electron chi connectivity index (χ1n) is 8.35. The van der Waals surface area contributed by atoms with Gasteiger partial charge in [0.05, 0.1) is 30.0 Å². The molecule has 2 amide bonds. The fourth-order valence-electron chi connectivity index (χ4n) is 2.96. The minimum atomic E-state index is -1.17. The summed E-state index contributed by atoms with van der Waals surface area (Å²) in [6.45, 7) is -0.222. The summed E-state index contributed by atoms with van der Waals surface area (Å²) < 4.78 is 59.1. The molecule has 1 fully saturated rings. The van der Waals surface area contributed by atoms with Crippen LogP contribution in [-0.4, -0.2) is 31.4 Å². The van der Waals surface area contributed by atoms with Gasteiger partial charge in [-0.25, -0.2) is 22.4 Å². The van der Waals surface area contributed by atoms with Gasteiger partial charge in [0.15, 0.2) is 0 Å². The Kier molecular flexibility index (Phi) is 5.53. The summed E-state index contributed by atoms with van der Waals surface area (Å²) in [6.07, 6.45) is -0.296. The normalized spacial score (nSPS) is 16.1. The van der Waals surface area contributed by atoms with Crippen LogP contribution in [0.4, 0.5) is 28.9 Å². The number of halogens is 4. The van der Waals surface area contributed by atoms with Gasteiger partial charge in [-0.05, 0) is 18.2 Å². The third-order valence-electron chi connectivity index (χ3n) is 4.42. The standard InChI is InChI=1S/C19H14F4N2O4/c1-29-19(28)11-6-15(13(22)7-12(11)21)24-18(27)9-4-17(26)25(8-9)16-3-2-10(20)5-14(16)23/h2-3,5-7,9H,4,8H2,1H3,(H,24,27). The van der Waals surface area contributed by atoms with Crippen LogP contribution in [0.15, 0.2) is 30.3 Å². The maximum absolute atomic E-state index is 14.0. The molecule has 1 saturated heterocycles. The zero-order valence-electron chi connectivity index (χ0n) is 15.0. The van der Waals surface area contributed by atoms with E-state index in [1.807, 2.05) is 0 Å². The molecular formula is C19H14F4N2O4. The van der Waals surface area contributed by atoms with Crippen LogP contribution in [0.5, 0.6) is 0 Å². The number of anilines is 2. The third-order valence-corrected chi connectivity index (χ3v) is 4.42. The molecule has 1 N–H and O–H groups in total. The van der Waals surface area contributed by atoms with Crippen LogP contribution in [0, 0.1) is 29.2 Å². The lowest BCUT2D eigenvalue weighted by Gasteiger charge is -2.17. The predicted octanol–water partition coefficient (Wildman–Crippen LogP) is 3.02. The van der Waals surface area contributed by atoms with Gasteiger partial charge >= 0.3 is 5.97 Å². The van der Waals surface area contributed by atoms with E-state index in [1.54, 1.807) is 0 Å². The van der Waals surface area contributed by atoms with Crippen molar-refractivity contribution in [3.63, 3.8) is 0 Å². The lowest BCUT2D eigenvalue weighted by molar-refractivity contribution is -0.122. The maximum Gasteiger partial charge on any atom is 0.340 e. The first kappa shape index (κ1) is 20.3. The average Bonchev–Trinajstić information content (AvgIpc) is 3.05. The van der Waals surface area contributed by atoms with E-state index in [-0.39, 0.29) is 18.7 Å². The Balaban J connectivity index is 1.78. The fraction of sp³-hybridized carbons (Fsp3) is 0.211. The molecule has 1 unspecified atom stereocenters. The molecule has 1 heterocycles. The molecule has 152 valence electrons. The topological polar surface area (TPSA) is 75.7 Å². The molecule has 3 rings (SSSR count). The molecule has 0 aromatic heterocycles. The largest absolute Gasteiger partial charge is 0.465 e. The van der Waals surface area contributed by atoms with Crippen molar-refractivity contribution in [2.45, 2.75) is 6.42 Å². The van der Waals surface area contributed by atoms with E-state index in [4.69, 9.17) is 0 Å². The number of nitrogens with one attached hydrogen (secondary N) is 1. The Labute approximate surface area is 162 Å². The minimum absolute atomic E-state index is 0.187.